The van der Waals surface area contributed by atoms with E-state index in [2.05, 4.69) is 45.5 Å². The average Bonchev–Trinajstić information content (AvgIpc) is 2.98. The Morgan fingerprint density at radius 1 is 1.17 bits per heavy atom. The van der Waals surface area contributed by atoms with Gasteiger partial charge in [-0.05, 0) is 49.6 Å². The lowest BCUT2D eigenvalue weighted by atomic mass is 9.85. The second kappa shape index (κ2) is 10.2. The van der Waals surface area contributed by atoms with Crippen LogP contribution in [-0.4, -0.2) is 43.6 Å². The van der Waals surface area contributed by atoms with E-state index in [0.29, 0.717) is 11.9 Å². The molecule has 5 heteroatoms. The molecule has 1 aromatic rings. The molecule has 1 heterocycles. The van der Waals surface area contributed by atoms with Crippen LogP contribution in [0.15, 0.2) is 35.3 Å². The van der Waals surface area contributed by atoms with Crippen molar-refractivity contribution < 1.29 is 0 Å². The molecule has 1 saturated heterocycles. The highest BCUT2D eigenvalue weighted by Crippen LogP contribution is 2.25. The summed E-state index contributed by atoms with van der Waals surface area (Å²) in [4.78, 5) is 7.11. The fourth-order valence-corrected chi connectivity index (χ4v) is 3.43. The van der Waals surface area contributed by atoms with Gasteiger partial charge in [0.15, 0.2) is 5.96 Å². The Kier molecular flexibility index (Phi) is 8.32. The predicted octanol–water partition coefficient (Wildman–Crippen LogP) is 2.87. The van der Waals surface area contributed by atoms with Gasteiger partial charge in [-0.25, -0.2) is 0 Å². The van der Waals surface area contributed by atoms with Crippen molar-refractivity contribution in [3.63, 3.8) is 0 Å². The largest absolute Gasteiger partial charge is 0.370 e. The van der Waals surface area contributed by atoms with E-state index in [9.17, 15) is 0 Å². The number of hydrogen-bond acceptors (Lipinski definition) is 2. The molecule has 1 aliphatic carbocycles. The molecule has 134 valence electrons. The minimum Gasteiger partial charge on any atom is -0.370 e. The van der Waals surface area contributed by atoms with Crippen molar-refractivity contribution in [3.05, 3.63) is 35.9 Å². The molecule has 1 aromatic carbocycles. The van der Waals surface area contributed by atoms with Gasteiger partial charge in [-0.2, -0.15) is 0 Å². The Morgan fingerprint density at radius 2 is 1.96 bits per heavy atom. The third kappa shape index (κ3) is 6.24. The SMILES string of the molecule is I.NC(=NCC1CCN(CCc2ccccc2)C1)NCC1CCC1. The second-order valence-corrected chi connectivity index (χ2v) is 7.09. The number of nitrogens with one attached hydrogen (secondary N) is 1. The molecule has 1 unspecified atom stereocenters. The Labute approximate surface area is 163 Å². The molecule has 0 bridgehead atoms. The van der Waals surface area contributed by atoms with Gasteiger partial charge < -0.3 is 16.0 Å². The molecule has 0 spiro atoms. The summed E-state index contributed by atoms with van der Waals surface area (Å²) >= 11 is 0. The van der Waals surface area contributed by atoms with E-state index in [-0.39, 0.29) is 24.0 Å². The molecule has 3 N–H and O–H groups in total. The van der Waals surface area contributed by atoms with Crippen molar-refractivity contribution in [2.75, 3.05) is 32.7 Å². The number of hydrogen-bond donors (Lipinski definition) is 2. The first-order chi connectivity index (χ1) is 11.3. The van der Waals surface area contributed by atoms with Gasteiger partial charge in [0.25, 0.3) is 0 Å². The summed E-state index contributed by atoms with van der Waals surface area (Å²) in [6.45, 7) is 5.38. The molecule has 0 amide bonds. The molecule has 24 heavy (non-hydrogen) atoms. The van der Waals surface area contributed by atoms with Crippen molar-refractivity contribution in [2.24, 2.45) is 22.6 Å². The third-order valence-corrected chi connectivity index (χ3v) is 5.25. The van der Waals surface area contributed by atoms with Gasteiger partial charge in [0.1, 0.15) is 0 Å². The van der Waals surface area contributed by atoms with Gasteiger partial charge >= 0.3 is 0 Å². The van der Waals surface area contributed by atoms with E-state index in [4.69, 9.17) is 5.73 Å². The standard InChI is InChI=1S/C19H30N4.HI/c20-19(21-13-17-7-4-8-17)22-14-18-10-12-23(15-18)11-9-16-5-2-1-3-6-16;/h1-3,5-6,17-18H,4,7-15H2,(H3,20,21,22);1H. The van der Waals surface area contributed by atoms with Crippen LogP contribution in [0.1, 0.15) is 31.2 Å². The minimum absolute atomic E-state index is 0. The molecule has 1 saturated carbocycles. The molecule has 1 aliphatic heterocycles. The topological polar surface area (TPSA) is 53.6 Å². The van der Waals surface area contributed by atoms with Crippen LogP contribution in [-0.2, 0) is 6.42 Å². The quantitative estimate of drug-likeness (QED) is 0.388. The summed E-state index contributed by atoms with van der Waals surface area (Å²) in [5.74, 6) is 2.12. The van der Waals surface area contributed by atoms with E-state index in [1.165, 1.54) is 37.8 Å². The van der Waals surface area contributed by atoms with E-state index < -0.39 is 0 Å². The van der Waals surface area contributed by atoms with E-state index >= 15 is 0 Å². The van der Waals surface area contributed by atoms with Crippen molar-refractivity contribution in [1.82, 2.24) is 10.2 Å². The summed E-state index contributed by atoms with van der Waals surface area (Å²) in [6, 6.07) is 10.8. The van der Waals surface area contributed by atoms with Crippen LogP contribution in [0.2, 0.25) is 0 Å². The zero-order valence-electron chi connectivity index (χ0n) is 14.5. The van der Waals surface area contributed by atoms with Gasteiger partial charge in [-0.1, -0.05) is 36.8 Å². The predicted molar refractivity (Wildman–Crippen MR) is 112 cm³/mol. The highest BCUT2D eigenvalue weighted by Gasteiger charge is 2.22. The Balaban J connectivity index is 0.00000208. The van der Waals surface area contributed by atoms with Crippen LogP contribution in [0.25, 0.3) is 0 Å². The van der Waals surface area contributed by atoms with Crippen LogP contribution in [0.3, 0.4) is 0 Å². The lowest BCUT2D eigenvalue weighted by molar-refractivity contribution is 0.315. The first-order valence-electron chi connectivity index (χ1n) is 9.09. The van der Waals surface area contributed by atoms with E-state index in [1.807, 2.05) is 0 Å². The first-order valence-corrected chi connectivity index (χ1v) is 9.09. The number of aliphatic imine (C=N–C) groups is 1. The maximum absolute atomic E-state index is 5.97. The molecule has 2 aliphatic rings. The number of guanidine groups is 1. The normalized spacial score (nSPS) is 22.0. The Bertz CT molecular complexity index is 501. The molecule has 0 aromatic heterocycles. The number of benzene rings is 1. The molecule has 1 atom stereocenters. The van der Waals surface area contributed by atoms with Crippen LogP contribution in [0.4, 0.5) is 0 Å². The minimum atomic E-state index is 0. The number of halogens is 1. The zero-order valence-corrected chi connectivity index (χ0v) is 16.8. The third-order valence-electron chi connectivity index (χ3n) is 5.25. The van der Waals surface area contributed by atoms with Crippen molar-refractivity contribution >= 4 is 29.9 Å². The fraction of sp³-hybridized carbons (Fsp3) is 0.632. The van der Waals surface area contributed by atoms with Gasteiger partial charge in [0.2, 0.25) is 0 Å². The van der Waals surface area contributed by atoms with Crippen LogP contribution in [0, 0.1) is 11.8 Å². The van der Waals surface area contributed by atoms with Gasteiger partial charge in [-0.3, -0.25) is 4.99 Å². The molecular weight excluding hydrogens is 411 g/mol. The van der Waals surface area contributed by atoms with Gasteiger partial charge in [0.05, 0.1) is 0 Å². The van der Waals surface area contributed by atoms with Crippen LogP contribution >= 0.6 is 24.0 Å². The van der Waals surface area contributed by atoms with Crippen molar-refractivity contribution in [2.45, 2.75) is 32.1 Å². The maximum atomic E-state index is 5.97. The fourth-order valence-electron chi connectivity index (χ4n) is 3.43. The molecular formula is C19H31IN4. The smallest absolute Gasteiger partial charge is 0.188 e. The lowest BCUT2D eigenvalue weighted by Crippen LogP contribution is -2.37. The van der Waals surface area contributed by atoms with Crippen LogP contribution in [0.5, 0.6) is 0 Å². The highest BCUT2D eigenvalue weighted by atomic mass is 127. The number of rotatable bonds is 7. The lowest BCUT2D eigenvalue weighted by Gasteiger charge is -2.25. The van der Waals surface area contributed by atoms with E-state index in [1.54, 1.807) is 0 Å². The monoisotopic (exact) mass is 442 g/mol. The summed E-state index contributed by atoms with van der Waals surface area (Å²) in [6.07, 6.45) is 6.46. The van der Waals surface area contributed by atoms with Crippen molar-refractivity contribution in [1.29, 1.82) is 0 Å². The average molecular weight is 442 g/mol. The van der Waals surface area contributed by atoms with Crippen molar-refractivity contribution in [3.8, 4) is 0 Å². The first kappa shape index (κ1) is 19.5. The molecule has 0 radical (unpaired) electrons. The molecule has 3 rings (SSSR count). The molecule has 2 fully saturated rings. The van der Waals surface area contributed by atoms with Gasteiger partial charge in [-0.15, -0.1) is 24.0 Å². The number of nitrogens with zero attached hydrogens (tertiary/aromatic N) is 2. The summed E-state index contributed by atoms with van der Waals surface area (Å²) in [5, 5.41) is 3.28. The molecule has 4 nitrogen and oxygen atoms in total. The Hall–Kier alpha value is -0.820. The Morgan fingerprint density at radius 3 is 2.67 bits per heavy atom. The number of nitrogens with two attached hydrogens (primary N) is 1. The maximum Gasteiger partial charge on any atom is 0.188 e. The summed E-state index contributed by atoms with van der Waals surface area (Å²) in [7, 11) is 0. The summed E-state index contributed by atoms with van der Waals surface area (Å²) in [5.41, 5.74) is 7.40. The number of likely N-dealkylation sites (tertiary alicyclic amines) is 1. The second-order valence-electron chi connectivity index (χ2n) is 7.09. The highest BCUT2D eigenvalue weighted by molar-refractivity contribution is 14.0. The van der Waals surface area contributed by atoms with Crippen LogP contribution < -0.4 is 11.1 Å². The van der Waals surface area contributed by atoms with E-state index in [0.717, 1.165) is 38.5 Å². The zero-order chi connectivity index (χ0) is 15.9. The summed E-state index contributed by atoms with van der Waals surface area (Å²) < 4.78 is 0. The van der Waals surface area contributed by atoms with Gasteiger partial charge in [0, 0.05) is 26.2 Å².